The zero-order valence-electron chi connectivity index (χ0n) is 10.7. The van der Waals surface area contributed by atoms with Gasteiger partial charge in [0, 0.05) is 19.2 Å². The Morgan fingerprint density at radius 2 is 2.22 bits per heavy atom. The summed E-state index contributed by atoms with van der Waals surface area (Å²) in [5.41, 5.74) is 2.64. The third kappa shape index (κ3) is 2.52. The Labute approximate surface area is 108 Å². The first kappa shape index (κ1) is 12.0. The summed E-state index contributed by atoms with van der Waals surface area (Å²) < 4.78 is 5.74. The summed E-state index contributed by atoms with van der Waals surface area (Å²) in [4.78, 5) is 0. The van der Waals surface area contributed by atoms with Crippen LogP contribution in [0.5, 0.6) is 5.75 Å². The molecule has 2 unspecified atom stereocenters. The number of nitrogens with one attached hydrogen (secondary N) is 1. The van der Waals surface area contributed by atoms with Crippen molar-refractivity contribution in [3.8, 4) is 5.75 Å². The molecule has 1 saturated heterocycles. The van der Waals surface area contributed by atoms with E-state index in [-0.39, 0.29) is 0 Å². The van der Waals surface area contributed by atoms with E-state index in [2.05, 4.69) is 11.4 Å². The van der Waals surface area contributed by atoms with Crippen LogP contribution in [0.15, 0.2) is 18.2 Å². The third-order valence-electron chi connectivity index (χ3n) is 4.07. The van der Waals surface area contributed by atoms with Gasteiger partial charge in [0.05, 0.1) is 6.10 Å². The first-order valence-corrected chi connectivity index (χ1v) is 7.00. The molecule has 2 atom stereocenters. The van der Waals surface area contributed by atoms with Gasteiger partial charge in [-0.2, -0.15) is 0 Å². The Balaban J connectivity index is 1.59. The summed E-state index contributed by atoms with van der Waals surface area (Å²) >= 11 is 0. The summed E-state index contributed by atoms with van der Waals surface area (Å²) in [5, 5.41) is 13.1. The van der Waals surface area contributed by atoms with Crippen molar-refractivity contribution in [2.45, 2.75) is 44.2 Å². The predicted octanol–water partition coefficient (Wildman–Crippen LogP) is 2.54. The van der Waals surface area contributed by atoms with E-state index in [9.17, 15) is 5.11 Å². The van der Waals surface area contributed by atoms with Gasteiger partial charge in [-0.1, -0.05) is 6.07 Å². The van der Waals surface area contributed by atoms with Crippen LogP contribution in [0.4, 0.5) is 0 Å². The summed E-state index contributed by atoms with van der Waals surface area (Å²) in [7, 11) is 0. The van der Waals surface area contributed by atoms with Crippen molar-refractivity contribution in [2.24, 2.45) is 0 Å². The fraction of sp³-hybridized carbons (Fsp3) is 0.600. The van der Waals surface area contributed by atoms with E-state index in [0.717, 1.165) is 26.0 Å². The largest absolute Gasteiger partial charge is 0.508 e. The molecule has 1 aromatic carbocycles. The number of fused-ring (bicyclic) bond motifs is 1. The Kier molecular flexibility index (Phi) is 3.52. The van der Waals surface area contributed by atoms with Crippen LogP contribution >= 0.6 is 0 Å². The molecule has 1 aromatic rings. The zero-order chi connectivity index (χ0) is 12.4. The van der Waals surface area contributed by atoms with Crippen molar-refractivity contribution >= 4 is 0 Å². The molecule has 0 radical (unpaired) electrons. The van der Waals surface area contributed by atoms with Crippen LogP contribution in [-0.4, -0.2) is 24.4 Å². The first-order valence-electron chi connectivity index (χ1n) is 7.00. The zero-order valence-corrected chi connectivity index (χ0v) is 10.7. The van der Waals surface area contributed by atoms with Gasteiger partial charge >= 0.3 is 0 Å². The SMILES string of the molecule is Oc1ccc2c(c1)CCC2NCC1CCCCO1. The maximum Gasteiger partial charge on any atom is 0.115 e. The molecular weight excluding hydrogens is 226 g/mol. The second-order valence-electron chi connectivity index (χ2n) is 5.37. The summed E-state index contributed by atoms with van der Waals surface area (Å²) in [5.74, 6) is 0.380. The van der Waals surface area contributed by atoms with Gasteiger partial charge < -0.3 is 15.2 Å². The molecule has 0 amide bonds. The van der Waals surface area contributed by atoms with Crippen molar-refractivity contribution in [1.82, 2.24) is 5.32 Å². The normalized spacial score (nSPS) is 27.1. The molecule has 3 heteroatoms. The van der Waals surface area contributed by atoms with Crippen LogP contribution in [0, 0.1) is 0 Å². The maximum absolute atomic E-state index is 9.48. The van der Waals surface area contributed by atoms with Crippen molar-refractivity contribution in [3.63, 3.8) is 0 Å². The van der Waals surface area contributed by atoms with Crippen LogP contribution < -0.4 is 5.32 Å². The molecule has 3 nitrogen and oxygen atoms in total. The summed E-state index contributed by atoms with van der Waals surface area (Å²) in [6.07, 6.45) is 6.27. The lowest BCUT2D eigenvalue weighted by Gasteiger charge is -2.25. The highest BCUT2D eigenvalue weighted by Crippen LogP contribution is 2.33. The molecule has 98 valence electrons. The standard InChI is InChI=1S/C15H21NO2/c17-12-5-6-14-11(9-12)4-7-15(14)16-10-13-3-1-2-8-18-13/h5-6,9,13,15-17H,1-4,7-8,10H2. The minimum absolute atomic E-state index is 0.380. The number of benzene rings is 1. The molecule has 0 aromatic heterocycles. The van der Waals surface area contributed by atoms with E-state index in [1.807, 2.05) is 6.07 Å². The number of ether oxygens (including phenoxy) is 1. The molecule has 1 aliphatic carbocycles. The molecule has 0 spiro atoms. The highest BCUT2D eigenvalue weighted by Gasteiger charge is 2.23. The molecule has 2 aliphatic rings. The van der Waals surface area contributed by atoms with Gasteiger partial charge in [-0.25, -0.2) is 0 Å². The lowest BCUT2D eigenvalue weighted by Crippen LogP contribution is -2.33. The average molecular weight is 247 g/mol. The van der Waals surface area contributed by atoms with E-state index >= 15 is 0 Å². The van der Waals surface area contributed by atoms with E-state index in [4.69, 9.17) is 4.74 Å². The van der Waals surface area contributed by atoms with Crippen LogP contribution in [0.3, 0.4) is 0 Å². The first-order chi connectivity index (χ1) is 8.83. The second-order valence-corrected chi connectivity index (χ2v) is 5.37. The van der Waals surface area contributed by atoms with Gasteiger partial charge in [-0.05, 0) is 55.4 Å². The molecule has 1 heterocycles. The minimum atomic E-state index is 0.380. The van der Waals surface area contributed by atoms with Gasteiger partial charge in [0.15, 0.2) is 0 Å². The van der Waals surface area contributed by atoms with Crippen molar-refractivity contribution in [2.75, 3.05) is 13.2 Å². The highest BCUT2D eigenvalue weighted by molar-refractivity contribution is 5.40. The Morgan fingerprint density at radius 3 is 3.06 bits per heavy atom. The van der Waals surface area contributed by atoms with Crippen LogP contribution in [0.1, 0.15) is 42.9 Å². The van der Waals surface area contributed by atoms with Crippen molar-refractivity contribution in [1.29, 1.82) is 0 Å². The number of phenolic OH excluding ortho intramolecular Hbond substituents is 1. The third-order valence-corrected chi connectivity index (χ3v) is 4.07. The minimum Gasteiger partial charge on any atom is -0.508 e. The summed E-state index contributed by atoms with van der Waals surface area (Å²) in [6.45, 7) is 1.87. The Morgan fingerprint density at radius 1 is 1.28 bits per heavy atom. The fourth-order valence-corrected chi connectivity index (χ4v) is 3.06. The van der Waals surface area contributed by atoms with Gasteiger partial charge in [-0.3, -0.25) is 0 Å². The maximum atomic E-state index is 9.48. The molecule has 1 fully saturated rings. The molecule has 0 saturated carbocycles. The van der Waals surface area contributed by atoms with Crippen molar-refractivity contribution < 1.29 is 9.84 Å². The molecule has 3 rings (SSSR count). The van der Waals surface area contributed by atoms with Gasteiger partial charge in [0.2, 0.25) is 0 Å². The topological polar surface area (TPSA) is 41.5 Å². The quantitative estimate of drug-likeness (QED) is 0.862. The molecule has 2 N–H and O–H groups in total. The number of aromatic hydroxyl groups is 1. The number of hydrogen-bond acceptors (Lipinski definition) is 3. The second kappa shape index (κ2) is 5.29. The number of rotatable bonds is 3. The van der Waals surface area contributed by atoms with E-state index < -0.39 is 0 Å². The lowest BCUT2D eigenvalue weighted by molar-refractivity contribution is 0.0153. The molecule has 0 bridgehead atoms. The van der Waals surface area contributed by atoms with E-state index in [0.29, 0.717) is 17.9 Å². The van der Waals surface area contributed by atoms with E-state index in [1.165, 1.54) is 30.4 Å². The molecular formula is C15H21NO2. The fourth-order valence-electron chi connectivity index (χ4n) is 3.06. The highest BCUT2D eigenvalue weighted by atomic mass is 16.5. The monoisotopic (exact) mass is 247 g/mol. The number of phenols is 1. The number of aryl methyl sites for hydroxylation is 1. The number of hydrogen-bond donors (Lipinski definition) is 2. The van der Waals surface area contributed by atoms with Crippen LogP contribution in [0.25, 0.3) is 0 Å². The van der Waals surface area contributed by atoms with Gasteiger partial charge in [0.1, 0.15) is 5.75 Å². The summed E-state index contributed by atoms with van der Waals surface area (Å²) in [6, 6.07) is 6.17. The lowest BCUT2D eigenvalue weighted by atomic mass is 10.1. The van der Waals surface area contributed by atoms with Crippen LogP contribution in [-0.2, 0) is 11.2 Å². The predicted molar refractivity (Wildman–Crippen MR) is 70.8 cm³/mol. The Hall–Kier alpha value is -1.06. The van der Waals surface area contributed by atoms with E-state index in [1.54, 1.807) is 6.07 Å². The van der Waals surface area contributed by atoms with Gasteiger partial charge in [0.25, 0.3) is 0 Å². The Bertz CT molecular complexity index is 413. The molecule has 18 heavy (non-hydrogen) atoms. The van der Waals surface area contributed by atoms with Gasteiger partial charge in [-0.15, -0.1) is 0 Å². The average Bonchev–Trinajstić information content (AvgIpc) is 2.80. The molecule has 1 aliphatic heterocycles. The van der Waals surface area contributed by atoms with Crippen molar-refractivity contribution in [3.05, 3.63) is 29.3 Å². The van der Waals surface area contributed by atoms with Crippen LogP contribution in [0.2, 0.25) is 0 Å². The smallest absolute Gasteiger partial charge is 0.115 e.